The molecule has 0 spiro atoms. The van der Waals surface area contributed by atoms with Crippen molar-refractivity contribution in [2.75, 3.05) is 0 Å². The summed E-state index contributed by atoms with van der Waals surface area (Å²) in [4.78, 5) is 0. The maximum Gasteiger partial charge on any atom is -0.00990 e. The summed E-state index contributed by atoms with van der Waals surface area (Å²) >= 11 is 0. The predicted octanol–water partition coefficient (Wildman–Crippen LogP) is 6.42. The number of hydrogen-bond acceptors (Lipinski definition) is 0. The highest BCUT2D eigenvalue weighted by atomic mass is 14.1. The van der Waals surface area contributed by atoms with Crippen LogP contribution in [0.25, 0.3) is 32.3 Å². The molecule has 4 aromatic carbocycles. The zero-order valence-corrected chi connectivity index (χ0v) is 9.93. The van der Waals surface area contributed by atoms with Gasteiger partial charge in [0.05, 0.1) is 0 Å². The van der Waals surface area contributed by atoms with E-state index in [1.54, 1.807) is 0 Å². The van der Waals surface area contributed by atoms with Crippen molar-refractivity contribution in [3.8, 4) is 0 Å². The Morgan fingerprint density at radius 1 is 0.350 bits per heavy atom. The van der Waals surface area contributed by atoms with Gasteiger partial charge < -0.3 is 0 Å². The highest BCUT2D eigenvalue weighted by Crippen LogP contribution is 2.30. The molecular formula is C20H20. The van der Waals surface area contributed by atoms with E-state index in [1.165, 1.54) is 32.3 Å². The highest BCUT2D eigenvalue weighted by molar-refractivity contribution is 6.17. The fourth-order valence-corrected chi connectivity index (χ4v) is 2.77. The maximum atomic E-state index is 2.24. The average molecular weight is 260 g/mol. The number of rotatable bonds is 0. The molecular weight excluding hydrogens is 240 g/mol. The van der Waals surface area contributed by atoms with Gasteiger partial charge in [-0.1, -0.05) is 87.6 Å². The van der Waals surface area contributed by atoms with Gasteiger partial charge in [0.15, 0.2) is 0 Å². The minimum atomic E-state index is 0. The quantitative estimate of drug-likeness (QED) is 0.320. The van der Waals surface area contributed by atoms with Gasteiger partial charge in [0, 0.05) is 0 Å². The molecule has 0 nitrogen and oxygen atoms in total. The summed E-state index contributed by atoms with van der Waals surface area (Å²) in [5.41, 5.74) is 0. The number of fused-ring (bicyclic) bond motifs is 5. The van der Waals surface area contributed by atoms with Crippen molar-refractivity contribution in [2.24, 2.45) is 0 Å². The number of hydrogen-bond donors (Lipinski definition) is 0. The van der Waals surface area contributed by atoms with Crippen molar-refractivity contribution in [1.82, 2.24) is 0 Å². The molecule has 0 heteroatoms. The smallest absolute Gasteiger partial charge is 0.00990 e. The van der Waals surface area contributed by atoms with Crippen LogP contribution in [0.5, 0.6) is 0 Å². The highest BCUT2D eigenvalue weighted by Gasteiger charge is 2.03. The van der Waals surface area contributed by atoms with Crippen molar-refractivity contribution >= 4 is 32.3 Å². The molecule has 0 aliphatic heterocycles. The molecule has 0 heterocycles. The van der Waals surface area contributed by atoms with Crippen LogP contribution in [0.1, 0.15) is 14.9 Å². The molecule has 0 fully saturated rings. The SMILES string of the molecule is C.C.c1ccc2c(c1)ccc1c3ccccc3ccc21. The van der Waals surface area contributed by atoms with Gasteiger partial charge in [-0.2, -0.15) is 0 Å². The summed E-state index contributed by atoms with van der Waals surface area (Å²) in [6, 6.07) is 26.0. The fraction of sp³-hybridized carbons (Fsp3) is 0.100. The Morgan fingerprint density at radius 3 is 1.20 bits per heavy atom. The van der Waals surface area contributed by atoms with E-state index in [1.807, 2.05) is 0 Å². The molecule has 0 aromatic heterocycles. The molecule has 0 aliphatic rings. The van der Waals surface area contributed by atoms with Gasteiger partial charge in [0.1, 0.15) is 0 Å². The van der Waals surface area contributed by atoms with E-state index in [9.17, 15) is 0 Å². The third-order valence-electron chi connectivity index (χ3n) is 3.65. The van der Waals surface area contributed by atoms with Gasteiger partial charge in [-0.05, 0) is 32.3 Å². The lowest BCUT2D eigenvalue weighted by Crippen LogP contribution is -1.79. The first kappa shape index (κ1) is 14.1. The molecule has 0 saturated heterocycles. The third kappa shape index (κ3) is 1.94. The summed E-state index contributed by atoms with van der Waals surface area (Å²) in [5.74, 6) is 0. The van der Waals surface area contributed by atoms with E-state index in [4.69, 9.17) is 0 Å². The van der Waals surface area contributed by atoms with Crippen LogP contribution in [0.15, 0.2) is 72.8 Å². The summed E-state index contributed by atoms with van der Waals surface area (Å²) in [5, 5.41) is 7.96. The molecule has 100 valence electrons. The van der Waals surface area contributed by atoms with E-state index < -0.39 is 0 Å². The van der Waals surface area contributed by atoms with Gasteiger partial charge in [-0.15, -0.1) is 0 Å². The second kappa shape index (κ2) is 5.34. The van der Waals surface area contributed by atoms with Crippen LogP contribution >= 0.6 is 0 Å². The lowest BCUT2D eigenvalue weighted by Gasteiger charge is -2.07. The fourth-order valence-electron chi connectivity index (χ4n) is 2.77. The van der Waals surface area contributed by atoms with Crippen LogP contribution < -0.4 is 0 Å². The standard InChI is InChI=1S/C18H12.2CH4/c1-3-7-15-13(5-1)9-11-18-16-8-4-2-6-14(16)10-12-17(15)18;;/h1-12H;2*1H4. The van der Waals surface area contributed by atoms with E-state index in [2.05, 4.69) is 72.8 Å². The first-order chi connectivity index (χ1) is 8.93. The molecule has 0 saturated carbocycles. The molecule has 0 unspecified atom stereocenters. The summed E-state index contributed by atoms with van der Waals surface area (Å²) in [6.07, 6.45) is 0. The van der Waals surface area contributed by atoms with Crippen LogP contribution in [0.3, 0.4) is 0 Å². The Kier molecular flexibility index (Phi) is 3.76. The van der Waals surface area contributed by atoms with Gasteiger partial charge in [-0.25, -0.2) is 0 Å². The van der Waals surface area contributed by atoms with Crippen molar-refractivity contribution in [2.45, 2.75) is 14.9 Å². The zero-order valence-electron chi connectivity index (χ0n) is 9.93. The Bertz CT molecular complexity index is 797. The summed E-state index contributed by atoms with van der Waals surface area (Å²) in [6.45, 7) is 0. The topological polar surface area (TPSA) is 0 Å². The molecule has 20 heavy (non-hydrogen) atoms. The molecule has 0 aliphatic carbocycles. The molecule has 0 bridgehead atoms. The Labute approximate surface area is 120 Å². The maximum absolute atomic E-state index is 2.24. The van der Waals surface area contributed by atoms with Crippen LogP contribution in [-0.4, -0.2) is 0 Å². The first-order valence-electron chi connectivity index (χ1n) is 6.23. The number of benzene rings is 4. The van der Waals surface area contributed by atoms with Crippen molar-refractivity contribution in [3.63, 3.8) is 0 Å². The zero-order chi connectivity index (χ0) is 11.9. The largest absolute Gasteiger partial charge is 0.0776 e. The molecule has 0 N–H and O–H groups in total. The summed E-state index contributed by atoms with van der Waals surface area (Å²) in [7, 11) is 0. The lowest BCUT2D eigenvalue weighted by atomic mass is 9.97. The van der Waals surface area contributed by atoms with Crippen LogP contribution in [0, 0.1) is 0 Å². The van der Waals surface area contributed by atoms with Gasteiger partial charge in [0.25, 0.3) is 0 Å². The Hall–Kier alpha value is -2.34. The van der Waals surface area contributed by atoms with Crippen LogP contribution in [-0.2, 0) is 0 Å². The van der Waals surface area contributed by atoms with Crippen LogP contribution in [0.2, 0.25) is 0 Å². The molecule has 4 rings (SSSR count). The molecule has 0 amide bonds. The van der Waals surface area contributed by atoms with Gasteiger partial charge in [-0.3, -0.25) is 0 Å². The van der Waals surface area contributed by atoms with E-state index >= 15 is 0 Å². The molecule has 0 atom stereocenters. The monoisotopic (exact) mass is 260 g/mol. The Balaban J connectivity index is 0.000000735. The molecule has 4 aromatic rings. The third-order valence-corrected chi connectivity index (χ3v) is 3.65. The van der Waals surface area contributed by atoms with Crippen molar-refractivity contribution in [3.05, 3.63) is 72.8 Å². The second-order valence-corrected chi connectivity index (χ2v) is 4.67. The molecule has 0 radical (unpaired) electrons. The Morgan fingerprint density at radius 2 is 0.750 bits per heavy atom. The van der Waals surface area contributed by atoms with Gasteiger partial charge in [0.2, 0.25) is 0 Å². The first-order valence-corrected chi connectivity index (χ1v) is 6.23. The van der Waals surface area contributed by atoms with E-state index in [0.29, 0.717) is 0 Å². The average Bonchev–Trinajstić information content (AvgIpc) is 2.46. The van der Waals surface area contributed by atoms with E-state index in [0.717, 1.165) is 0 Å². The van der Waals surface area contributed by atoms with Crippen molar-refractivity contribution < 1.29 is 0 Å². The normalized spacial score (nSPS) is 10.2. The minimum Gasteiger partial charge on any atom is -0.0776 e. The van der Waals surface area contributed by atoms with E-state index in [-0.39, 0.29) is 14.9 Å². The predicted molar refractivity (Wildman–Crippen MR) is 92.4 cm³/mol. The van der Waals surface area contributed by atoms with Crippen LogP contribution in [0.4, 0.5) is 0 Å². The van der Waals surface area contributed by atoms with Gasteiger partial charge >= 0.3 is 0 Å². The lowest BCUT2D eigenvalue weighted by molar-refractivity contribution is 1.77. The van der Waals surface area contributed by atoms with Crippen molar-refractivity contribution in [1.29, 1.82) is 0 Å². The summed E-state index contributed by atoms with van der Waals surface area (Å²) < 4.78 is 0. The minimum absolute atomic E-state index is 0. The second-order valence-electron chi connectivity index (χ2n) is 4.67.